The molecular weight excluding hydrogens is 200 g/mol. The summed E-state index contributed by atoms with van der Waals surface area (Å²) in [5.74, 6) is 0. The van der Waals surface area contributed by atoms with Crippen LogP contribution in [0.15, 0.2) is 12.3 Å². The van der Waals surface area contributed by atoms with E-state index in [1.165, 1.54) is 0 Å². The standard InChI is InChI=1S/C13H18N2O/c1-9-6-10-11(15-8-9)7-13(12(10)16)2-4-14-5-3-13/h6,8,12,14,16H,2-5,7H2,1H3. The van der Waals surface area contributed by atoms with E-state index in [1.807, 2.05) is 13.1 Å². The lowest BCUT2D eigenvalue weighted by molar-refractivity contribution is 0.0149. The van der Waals surface area contributed by atoms with Gasteiger partial charge in [-0.05, 0) is 44.8 Å². The highest BCUT2D eigenvalue weighted by molar-refractivity contribution is 5.34. The average Bonchev–Trinajstić information content (AvgIpc) is 2.55. The molecule has 2 N–H and O–H groups in total. The number of aromatic nitrogens is 1. The summed E-state index contributed by atoms with van der Waals surface area (Å²) in [6.45, 7) is 4.07. The minimum absolute atomic E-state index is 0.0639. The van der Waals surface area contributed by atoms with E-state index >= 15 is 0 Å². The number of nitrogens with one attached hydrogen (secondary N) is 1. The van der Waals surface area contributed by atoms with Gasteiger partial charge in [0.2, 0.25) is 0 Å². The van der Waals surface area contributed by atoms with Crippen molar-refractivity contribution in [3.05, 3.63) is 29.1 Å². The van der Waals surface area contributed by atoms with Crippen LogP contribution in [0.25, 0.3) is 0 Å². The van der Waals surface area contributed by atoms with Gasteiger partial charge in [0.05, 0.1) is 6.10 Å². The zero-order chi connectivity index (χ0) is 11.2. The fourth-order valence-corrected chi connectivity index (χ4v) is 3.14. The Morgan fingerprint density at radius 1 is 1.44 bits per heavy atom. The summed E-state index contributed by atoms with van der Waals surface area (Å²) in [7, 11) is 0. The SMILES string of the molecule is Cc1cnc2c(c1)C(O)C1(CCNCC1)C2. The van der Waals surface area contributed by atoms with E-state index in [0.717, 1.165) is 49.2 Å². The van der Waals surface area contributed by atoms with Crippen LogP contribution < -0.4 is 5.32 Å². The number of aliphatic hydroxyl groups excluding tert-OH is 1. The molecule has 1 aliphatic carbocycles. The van der Waals surface area contributed by atoms with Crippen molar-refractivity contribution in [2.75, 3.05) is 13.1 Å². The number of fused-ring (bicyclic) bond motifs is 1. The van der Waals surface area contributed by atoms with Crippen molar-refractivity contribution in [2.45, 2.75) is 32.3 Å². The molecule has 1 aromatic heterocycles. The molecule has 0 radical (unpaired) electrons. The van der Waals surface area contributed by atoms with Crippen LogP contribution in [-0.2, 0) is 6.42 Å². The second-order valence-corrected chi connectivity index (χ2v) is 5.24. The van der Waals surface area contributed by atoms with Crippen LogP contribution in [0.5, 0.6) is 0 Å². The smallest absolute Gasteiger partial charge is 0.0868 e. The van der Waals surface area contributed by atoms with Crippen molar-refractivity contribution >= 4 is 0 Å². The normalized spacial score (nSPS) is 27.0. The second-order valence-electron chi connectivity index (χ2n) is 5.24. The number of rotatable bonds is 0. The van der Waals surface area contributed by atoms with E-state index in [9.17, 15) is 5.11 Å². The summed E-state index contributed by atoms with van der Waals surface area (Å²) in [6, 6.07) is 2.10. The average molecular weight is 218 g/mol. The van der Waals surface area contributed by atoms with Gasteiger partial charge >= 0.3 is 0 Å². The van der Waals surface area contributed by atoms with Crippen molar-refractivity contribution in [1.29, 1.82) is 0 Å². The summed E-state index contributed by atoms with van der Waals surface area (Å²) in [5, 5.41) is 13.9. The third-order valence-corrected chi connectivity index (χ3v) is 4.13. The molecule has 1 saturated heterocycles. The molecule has 3 heteroatoms. The van der Waals surface area contributed by atoms with E-state index in [4.69, 9.17) is 0 Å². The third kappa shape index (κ3) is 1.39. The molecule has 3 nitrogen and oxygen atoms in total. The highest BCUT2D eigenvalue weighted by Gasteiger charge is 2.46. The lowest BCUT2D eigenvalue weighted by Crippen LogP contribution is -2.39. The van der Waals surface area contributed by atoms with Crippen LogP contribution in [0.1, 0.15) is 35.8 Å². The second kappa shape index (κ2) is 3.54. The van der Waals surface area contributed by atoms with Crippen LogP contribution >= 0.6 is 0 Å². The summed E-state index contributed by atoms with van der Waals surface area (Å²) < 4.78 is 0. The number of hydrogen-bond acceptors (Lipinski definition) is 3. The molecule has 1 atom stereocenters. The molecule has 0 bridgehead atoms. The van der Waals surface area contributed by atoms with Gasteiger partial charge in [0.15, 0.2) is 0 Å². The fraction of sp³-hybridized carbons (Fsp3) is 0.615. The Morgan fingerprint density at radius 2 is 2.19 bits per heavy atom. The van der Waals surface area contributed by atoms with Crippen molar-refractivity contribution in [2.24, 2.45) is 5.41 Å². The molecule has 2 aliphatic rings. The fourth-order valence-electron chi connectivity index (χ4n) is 3.14. The van der Waals surface area contributed by atoms with Crippen LogP contribution in [-0.4, -0.2) is 23.2 Å². The summed E-state index contributed by atoms with van der Waals surface area (Å²) >= 11 is 0. The lowest BCUT2D eigenvalue weighted by atomic mass is 9.75. The number of aryl methyl sites for hydroxylation is 1. The van der Waals surface area contributed by atoms with Gasteiger partial charge in [-0.25, -0.2) is 0 Å². The molecule has 0 saturated carbocycles. The van der Waals surface area contributed by atoms with Gasteiger partial charge in [-0.2, -0.15) is 0 Å². The maximum absolute atomic E-state index is 10.5. The van der Waals surface area contributed by atoms with E-state index in [-0.39, 0.29) is 11.5 Å². The van der Waals surface area contributed by atoms with Gasteiger partial charge in [0.25, 0.3) is 0 Å². The van der Waals surface area contributed by atoms with E-state index in [2.05, 4.69) is 16.4 Å². The Hall–Kier alpha value is -0.930. The maximum Gasteiger partial charge on any atom is 0.0868 e. The van der Waals surface area contributed by atoms with Crippen molar-refractivity contribution < 1.29 is 5.11 Å². The minimum Gasteiger partial charge on any atom is -0.388 e. The zero-order valence-corrected chi connectivity index (χ0v) is 9.66. The quantitative estimate of drug-likeness (QED) is 0.691. The van der Waals surface area contributed by atoms with E-state index in [0.29, 0.717) is 0 Å². The Bertz CT molecular complexity index is 410. The highest BCUT2D eigenvalue weighted by atomic mass is 16.3. The molecule has 1 aromatic rings. The van der Waals surface area contributed by atoms with Crippen molar-refractivity contribution in [3.63, 3.8) is 0 Å². The van der Waals surface area contributed by atoms with Crippen LogP contribution in [0.3, 0.4) is 0 Å². The number of nitrogens with zero attached hydrogens (tertiary/aromatic N) is 1. The lowest BCUT2D eigenvalue weighted by Gasteiger charge is -2.36. The van der Waals surface area contributed by atoms with E-state index in [1.54, 1.807) is 0 Å². The molecule has 0 aromatic carbocycles. The Balaban J connectivity index is 1.99. The molecule has 86 valence electrons. The largest absolute Gasteiger partial charge is 0.388 e. The Labute approximate surface area is 95.9 Å². The Kier molecular flexibility index (Phi) is 2.26. The first-order valence-corrected chi connectivity index (χ1v) is 6.05. The van der Waals surface area contributed by atoms with Crippen LogP contribution in [0.2, 0.25) is 0 Å². The van der Waals surface area contributed by atoms with Gasteiger partial charge in [0, 0.05) is 22.9 Å². The number of pyridine rings is 1. The molecule has 1 aliphatic heterocycles. The van der Waals surface area contributed by atoms with Crippen LogP contribution in [0.4, 0.5) is 0 Å². The molecule has 0 amide bonds. The summed E-state index contributed by atoms with van der Waals surface area (Å²) in [6.07, 6.45) is 4.67. The minimum atomic E-state index is -0.308. The Morgan fingerprint density at radius 3 is 2.94 bits per heavy atom. The third-order valence-electron chi connectivity index (χ3n) is 4.13. The molecule has 1 spiro atoms. The first kappa shape index (κ1) is 10.2. The summed E-state index contributed by atoms with van der Waals surface area (Å²) in [5.41, 5.74) is 3.39. The number of hydrogen-bond donors (Lipinski definition) is 2. The monoisotopic (exact) mass is 218 g/mol. The molecule has 2 heterocycles. The van der Waals surface area contributed by atoms with Gasteiger partial charge in [-0.15, -0.1) is 0 Å². The van der Waals surface area contributed by atoms with Gasteiger partial charge in [0.1, 0.15) is 0 Å². The maximum atomic E-state index is 10.5. The van der Waals surface area contributed by atoms with Crippen LogP contribution in [0, 0.1) is 12.3 Å². The molecule has 16 heavy (non-hydrogen) atoms. The van der Waals surface area contributed by atoms with Gasteiger partial charge in [-0.3, -0.25) is 4.98 Å². The zero-order valence-electron chi connectivity index (χ0n) is 9.66. The molecule has 1 fully saturated rings. The first-order chi connectivity index (χ1) is 7.71. The molecule has 1 unspecified atom stereocenters. The van der Waals surface area contributed by atoms with Gasteiger partial charge in [-0.1, -0.05) is 6.07 Å². The van der Waals surface area contributed by atoms with Crippen molar-refractivity contribution in [3.8, 4) is 0 Å². The van der Waals surface area contributed by atoms with Crippen molar-refractivity contribution in [1.82, 2.24) is 10.3 Å². The van der Waals surface area contributed by atoms with E-state index < -0.39 is 0 Å². The number of aliphatic hydroxyl groups is 1. The van der Waals surface area contributed by atoms with Gasteiger partial charge < -0.3 is 10.4 Å². The summed E-state index contributed by atoms with van der Waals surface area (Å²) in [4.78, 5) is 4.48. The number of piperidine rings is 1. The highest BCUT2D eigenvalue weighted by Crippen LogP contribution is 2.50. The first-order valence-electron chi connectivity index (χ1n) is 6.05. The molecular formula is C13H18N2O. The topological polar surface area (TPSA) is 45.2 Å². The molecule has 3 rings (SSSR count). The predicted molar refractivity (Wildman–Crippen MR) is 62.2 cm³/mol. The predicted octanol–water partition coefficient (Wildman–Crippen LogP) is 1.35.